The Morgan fingerprint density at radius 1 is 0.485 bits per heavy atom. The van der Waals surface area contributed by atoms with Crippen molar-refractivity contribution in [3.05, 3.63) is 87.5 Å². The standard InChI is InChI=1S/C20H20N8.2CN.Os/c1-2-18-10-22-7-8-24-12-20-4-3-19-11-23(15-27(19)28(20)16-24)6-5-21-9-17(1)25(13-21)26(18)14-22;2*1-2;/h1-4,9-16H,5-8H2;;;/q-4;2*-1;+6. The molecule has 0 atom stereocenters. The Bertz CT molecular complexity index is 1220. The maximum Gasteiger partial charge on any atom is 6.00 e. The van der Waals surface area contributed by atoms with Crippen molar-refractivity contribution in [2.24, 2.45) is 0 Å². The summed E-state index contributed by atoms with van der Waals surface area (Å²) in [6.45, 7) is 13.2. The minimum absolute atomic E-state index is 0. The van der Waals surface area contributed by atoms with Crippen LogP contribution in [0.2, 0.25) is 0 Å². The van der Waals surface area contributed by atoms with Crippen LogP contribution >= 0.6 is 0 Å². The van der Waals surface area contributed by atoms with E-state index in [1.54, 1.807) is 0 Å². The van der Waals surface area contributed by atoms with E-state index >= 15 is 0 Å². The Hall–Kier alpha value is -4.06. The zero-order valence-electron chi connectivity index (χ0n) is 17.6. The van der Waals surface area contributed by atoms with Crippen LogP contribution in [0.25, 0.3) is 22.7 Å². The van der Waals surface area contributed by atoms with Crippen molar-refractivity contribution >= 4 is 0 Å². The first-order valence-corrected chi connectivity index (χ1v) is 10.1. The van der Waals surface area contributed by atoms with Gasteiger partial charge in [0.25, 0.3) is 0 Å². The van der Waals surface area contributed by atoms with Crippen molar-refractivity contribution < 1.29 is 19.8 Å². The summed E-state index contributed by atoms with van der Waals surface area (Å²) in [6, 6.07) is 8.74. The van der Waals surface area contributed by atoms with Crippen LogP contribution in [0.1, 0.15) is 0 Å². The third-order valence-corrected chi connectivity index (χ3v) is 5.83. The fourth-order valence-electron chi connectivity index (χ4n) is 4.37. The van der Waals surface area contributed by atoms with Crippen LogP contribution in [0.3, 0.4) is 0 Å². The molecule has 7 rings (SSSR count). The summed E-state index contributed by atoms with van der Waals surface area (Å²) < 4.78 is 17.9. The van der Waals surface area contributed by atoms with E-state index in [0.29, 0.717) is 0 Å². The first-order chi connectivity index (χ1) is 15.8. The Balaban J connectivity index is 0.000000494. The van der Waals surface area contributed by atoms with Crippen LogP contribution in [-0.4, -0.2) is 37.0 Å². The Labute approximate surface area is 203 Å². The van der Waals surface area contributed by atoms with Gasteiger partial charge in [-0.3, -0.25) is 0 Å². The molecule has 0 unspecified atom stereocenters. The van der Waals surface area contributed by atoms with Crippen molar-refractivity contribution in [1.29, 1.82) is 10.5 Å². The molecule has 7 aliphatic heterocycles. The molecule has 0 radical (unpaired) electrons. The molecular weight excluding hydrogens is 595 g/mol. The second-order valence-corrected chi connectivity index (χ2v) is 7.67. The molecule has 7 aliphatic rings. The maximum absolute atomic E-state index is 6.25. The third-order valence-electron chi connectivity index (χ3n) is 5.83. The molecule has 166 valence electrons. The SMILES string of the molecule is [C-]#N.[C-]#N.[Os+6].c1cc2cn3[cH-]n-2n2[cH-]n(cc1-2)CCn1cc2ccc4cn([cH-]n-4n-2[cH-]1)CC3. The van der Waals surface area contributed by atoms with Gasteiger partial charge in [0.2, 0.25) is 0 Å². The molecule has 0 aliphatic carbocycles. The van der Waals surface area contributed by atoms with Gasteiger partial charge in [-0.2, -0.15) is 0 Å². The molecule has 0 aromatic rings. The summed E-state index contributed by atoms with van der Waals surface area (Å²) in [6.07, 6.45) is 17.6. The molecular formula is C22H20N10Os. The van der Waals surface area contributed by atoms with E-state index in [1.165, 1.54) is 22.7 Å². The van der Waals surface area contributed by atoms with Gasteiger partial charge in [0.1, 0.15) is 0 Å². The van der Waals surface area contributed by atoms with Gasteiger partial charge in [-0.1, -0.05) is 22.7 Å². The van der Waals surface area contributed by atoms with Crippen molar-refractivity contribution in [2.45, 2.75) is 26.2 Å². The summed E-state index contributed by atoms with van der Waals surface area (Å²) >= 11 is 0. The molecule has 0 fully saturated rings. The molecule has 0 amide bonds. The van der Waals surface area contributed by atoms with Crippen LogP contribution in [0.4, 0.5) is 0 Å². The maximum atomic E-state index is 6.25. The van der Waals surface area contributed by atoms with Crippen molar-refractivity contribution in [3.8, 4) is 22.7 Å². The number of nitrogens with zero attached hydrogens (tertiary/aromatic N) is 10. The van der Waals surface area contributed by atoms with Gasteiger partial charge in [-0.15, -0.1) is 49.1 Å². The van der Waals surface area contributed by atoms with Crippen LogP contribution < -0.4 is 0 Å². The summed E-state index contributed by atoms with van der Waals surface area (Å²) in [4.78, 5) is 0. The molecule has 0 N–H and O–H groups in total. The van der Waals surface area contributed by atoms with Crippen molar-refractivity contribution in [1.82, 2.24) is 37.0 Å². The average Bonchev–Trinajstić information content (AvgIpc) is 3.60. The van der Waals surface area contributed by atoms with E-state index in [-0.39, 0.29) is 19.8 Å². The molecule has 0 aromatic heterocycles. The van der Waals surface area contributed by atoms with Gasteiger partial charge in [0, 0.05) is 26.2 Å². The number of aromatic nitrogens is 8. The summed E-state index contributed by atoms with van der Waals surface area (Å²) in [7, 11) is 0. The molecule has 11 heteroatoms. The number of rotatable bonds is 0. The van der Waals surface area contributed by atoms with Crippen molar-refractivity contribution in [3.63, 3.8) is 0 Å². The van der Waals surface area contributed by atoms with Crippen LogP contribution in [0.5, 0.6) is 0 Å². The summed E-state index contributed by atoms with van der Waals surface area (Å²) in [5.41, 5.74) is 4.77. The molecule has 0 saturated carbocycles. The first kappa shape index (κ1) is 22.1. The van der Waals surface area contributed by atoms with Crippen molar-refractivity contribution in [2.75, 3.05) is 0 Å². The van der Waals surface area contributed by atoms with E-state index in [0.717, 1.165) is 26.2 Å². The van der Waals surface area contributed by atoms with Crippen LogP contribution in [0.15, 0.2) is 74.4 Å². The van der Waals surface area contributed by atoms with E-state index in [2.05, 4.69) is 111 Å². The minimum Gasteiger partial charge on any atom is -0.512 e. The molecule has 0 saturated heterocycles. The monoisotopic (exact) mass is 616 g/mol. The number of hydrogen-bond donors (Lipinski definition) is 0. The van der Waals surface area contributed by atoms with Gasteiger partial charge in [-0.25, -0.2) is 0 Å². The number of imidazole rings is 4. The Kier molecular flexibility index (Phi) is 5.92. The van der Waals surface area contributed by atoms with Gasteiger partial charge >= 0.3 is 19.8 Å². The quantitative estimate of drug-likeness (QED) is 0.247. The summed E-state index contributed by atoms with van der Waals surface area (Å²) in [5.74, 6) is 0. The van der Waals surface area contributed by atoms with Crippen LogP contribution in [0, 0.1) is 23.7 Å². The fourth-order valence-corrected chi connectivity index (χ4v) is 4.37. The Morgan fingerprint density at radius 3 is 0.909 bits per heavy atom. The molecule has 10 nitrogen and oxygen atoms in total. The zero-order chi connectivity index (χ0) is 22.2. The first-order valence-electron chi connectivity index (χ1n) is 10.1. The van der Waals surface area contributed by atoms with E-state index in [4.69, 9.17) is 23.7 Å². The van der Waals surface area contributed by atoms with Crippen LogP contribution in [-0.2, 0) is 46.0 Å². The normalized spacial score (nSPS) is 12.5. The molecule has 0 spiro atoms. The molecule has 33 heavy (non-hydrogen) atoms. The predicted octanol–water partition coefficient (Wildman–Crippen LogP) is 2.84. The molecule has 0 aromatic carbocycles. The number of aryl methyl sites for hydroxylation is 4. The van der Waals surface area contributed by atoms with E-state index < -0.39 is 0 Å². The van der Waals surface area contributed by atoms with Gasteiger partial charge in [0.15, 0.2) is 0 Å². The zero-order valence-corrected chi connectivity index (χ0v) is 20.1. The topological polar surface area (TPSA) is 87.0 Å². The van der Waals surface area contributed by atoms with Gasteiger partial charge < -0.3 is 60.7 Å². The largest absolute Gasteiger partial charge is 6.00 e. The number of hydrogen-bond acceptors (Lipinski definition) is 2. The fraction of sp³-hybridized carbons (Fsp3) is 0.182. The Morgan fingerprint density at radius 2 is 0.697 bits per heavy atom. The summed E-state index contributed by atoms with van der Waals surface area (Å²) in [5, 5.41) is 12.5. The smallest absolute Gasteiger partial charge is 0.512 e. The second kappa shape index (κ2) is 8.82. The predicted molar refractivity (Wildman–Crippen MR) is 114 cm³/mol. The van der Waals surface area contributed by atoms with Gasteiger partial charge in [0.05, 0.1) is 0 Å². The number of fused-ring (bicyclic) bond motifs is 4. The molecule has 8 bridgehead atoms. The van der Waals surface area contributed by atoms with Gasteiger partial charge in [-0.05, 0) is 25.3 Å². The average molecular weight is 615 g/mol. The second-order valence-electron chi connectivity index (χ2n) is 7.67. The molecule has 7 heterocycles. The minimum atomic E-state index is 0. The van der Waals surface area contributed by atoms with E-state index in [1.807, 2.05) is 0 Å². The van der Waals surface area contributed by atoms with E-state index in [9.17, 15) is 0 Å². The third kappa shape index (κ3) is 3.63.